The first-order valence-corrected chi connectivity index (χ1v) is 13.8. The minimum atomic E-state index is -4.60. The minimum Gasteiger partial charge on any atom is -0.490 e. The van der Waals surface area contributed by atoms with Gasteiger partial charge in [0.25, 0.3) is 5.91 Å². The number of ether oxygens (including phenoxy) is 1. The summed E-state index contributed by atoms with van der Waals surface area (Å²) in [6, 6.07) is 6.30. The molecular weight excluding hydrogens is 567 g/mol. The van der Waals surface area contributed by atoms with E-state index in [4.69, 9.17) is 15.5 Å². The third-order valence-electron chi connectivity index (χ3n) is 7.87. The van der Waals surface area contributed by atoms with Crippen molar-refractivity contribution in [3.8, 4) is 17.0 Å². The quantitative estimate of drug-likeness (QED) is 0.292. The predicted octanol–water partition coefficient (Wildman–Crippen LogP) is 3.88. The second-order valence-electron chi connectivity index (χ2n) is 10.5. The second-order valence-corrected chi connectivity index (χ2v) is 10.5. The maximum absolute atomic E-state index is 13.1. The molecule has 11 nitrogen and oxygen atoms in total. The molecule has 0 aliphatic carbocycles. The van der Waals surface area contributed by atoms with Crippen LogP contribution in [0.25, 0.3) is 16.8 Å². The van der Waals surface area contributed by atoms with Crippen LogP contribution in [-0.4, -0.2) is 67.0 Å². The van der Waals surface area contributed by atoms with E-state index in [0.29, 0.717) is 35.6 Å². The Balaban J connectivity index is 1.37. The van der Waals surface area contributed by atoms with E-state index >= 15 is 0 Å². The number of rotatable bonds is 7. The number of anilines is 2. The predicted molar refractivity (Wildman–Crippen MR) is 149 cm³/mol. The van der Waals surface area contributed by atoms with Crippen LogP contribution in [-0.2, 0) is 11.0 Å². The number of hydrogen-bond donors (Lipinski definition) is 3. The monoisotopic (exact) mass is 595 g/mol. The molecule has 0 saturated carbocycles. The molecule has 0 unspecified atom stereocenters. The molecule has 2 aliphatic rings. The molecule has 2 saturated heterocycles. The first-order valence-electron chi connectivity index (χ1n) is 13.8. The summed E-state index contributed by atoms with van der Waals surface area (Å²) in [4.78, 5) is 40.5. The number of amides is 2. The molecule has 43 heavy (non-hydrogen) atoms. The first kappa shape index (κ1) is 28.4. The summed E-state index contributed by atoms with van der Waals surface area (Å²) in [7, 11) is 0. The number of aliphatic hydroxyl groups excluding tert-OH is 1. The van der Waals surface area contributed by atoms with Crippen LogP contribution in [0.5, 0.6) is 5.75 Å². The highest BCUT2D eigenvalue weighted by Crippen LogP contribution is 2.40. The Morgan fingerprint density at radius 1 is 1.14 bits per heavy atom. The van der Waals surface area contributed by atoms with Crippen molar-refractivity contribution < 1.29 is 32.6 Å². The molecule has 2 amide bonds. The number of halogens is 3. The molecule has 0 radical (unpaired) electrons. The lowest BCUT2D eigenvalue weighted by Gasteiger charge is -2.34. The largest absolute Gasteiger partial charge is 0.490 e. The third-order valence-corrected chi connectivity index (χ3v) is 7.87. The summed E-state index contributed by atoms with van der Waals surface area (Å²) in [5.74, 6) is 0.244. The molecule has 2 fully saturated rings. The number of nitrogens with zero attached hydrogens (tertiary/aromatic N) is 5. The molecular formula is C29H28F3N7O4. The Bertz CT molecular complexity index is 1710. The summed E-state index contributed by atoms with van der Waals surface area (Å²) in [5.41, 5.74) is 6.89. The van der Waals surface area contributed by atoms with E-state index in [1.807, 2.05) is 9.30 Å². The molecule has 0 spiro atoms. The summed E-state index contributed by atoms with van der Waals surface area (Å²) < 4.78 is 47.0. The zero-order valence-electron chi connectivity index (χ0n) is 22.8. The number of nitrogen functional groups attached to an aromatic ring is 1. The highest BCUT2D eigenvalue weighted by atomic mass is 19.4. The molecule has 14 heteroatoms. The van der Waals surface area contributed by atoms with Crippen LogP contribution in [0.4, 0.5) is 24.8 Å². The van der Waals surface area contributed by atoms with Crippen molar-refractivity contribution in [2.75, 3.05) is 30.8 Å². The number of pyridine rings is 1. The van der Waals surface area contributed by atoms with Gasteiger partial charge in [-0.05, 0) is 49.6 Å². The standard InChI is InChI=1S/C29H28F3N7O4/c30-29(31,32)18-7-8-34-22(14-18)36-28(42)16-2-5-20(21(13-16)43-12-11-40)24-25-26(33)35-9-10-38(25)27(37-24)17-1-3-19-4-6-23(41)39(19)15-17/h2,5,7-10,13-14,17,19,40H,1,3-4,6,11-12,15H2,(H2,33,35)(H,34,36,42)/t17-,19+/m1/s1. The number of aromatic nitrogens is 4. The van der Waals surface area contributed by atoms with Gasteiger partial charge in [0.2, 0.25) is 5.91 Å². The molecule has 2 aliphatic heterocycles. The highest BCUT2D eigenvalue weighted by Gasteiger charge is 2.38. The molecule has 0 bridgehead atoms. The van der Waals surface area contributed by atoms with Crippen molar-refractivity contribution in [3.05, 3.63) is 65.9 Å². The fourth-order valence-corrected chi connectivity index (χ4v) is 5.84. The van der Waals surface area contributed by atoms with Crippen LogP contribution >= 0.6 is 0 Å². The Morgan fingerprint density at radius 2 is 1.98 bits per heavy atom. The average molecular weight is 596 g/mol. The lowest BCUT2D eigenvalue weighted by atomic mass is 9.92. The van der Waals surface area contributed by atoms with Crippen LogP contribution in [0.3, 0.4) is 0 Å². The van der Waals surface area contributed by atoms with Crippen molar-refractivity contribution in [1.29, 1.82) is 0 Å². The molecule has 224 valence electrons. The zero-order chi connectivity index (χ0) is 30.3. The molecule has 6 rings (SSSR count). The Kier molecular flexibility index (Phi) is 7.38. The van der Waals surface area contributed by atoms with Gasteiger partial charge >= 0.3 is 6.18 Å². The van der Waals surface area contributed by atoms with E-state index in [1.54, 1.807) is 18.5 Å². The smallest absolute Gasteiger partial charge is 0.416 e. The number of aliphatic hydroxyl groups is 1. The van der Waals surface area contributed by atoms with E-state index in [2.05, 4.69) is 15.3 Å². The molecule has 3 aromatic heterocycles. The number of hydrogen-bond acceptors (Lipinski definition) is 8. The van der Waals surface area contributed by atoms with Gasteiger partial charge in [-0.15, -0.1) is 0 Å². The maximum Gasteiger partial charge on any atom is 0.416 e. The van der Waals surface area contributed by atoms with Crippen molar-refractivity contribution in [2.24, 2.45) is 0 Å². The van der Waals surface area contributed by atoms with Crippen molar-refractivity contribution in [2.45, 2.75) is 43.8 Å². The van der Waals surface area contributed by atoms with E-state index in [1.165, 1.54) is 12.1 Å². The normalized spacial score (nSPS) is 18.6. The lowest BCUT2D eigenvalue weighted by molar-refractivity contribution is -0.137. The summed E-state index contributed by atoms with van der Waals surface area (Å²) in [6.45, 7) is 0.136. The number of carbonyl (C=O) groups excluding carboxylic acids is 2. The minimum absolute atomic E-state index is 0.0480. The summed E-state index contributed by atoms with van der Waals surface area (Å²) in [5, 5.41) is 11.8. The molecule has 1 aromatic carbocycles. The topological polar surface area (TPSA) is 148 Å². The Morgan fingerprint density at radius 3 is 2.77 bits per heavy atom. The van der Waals surface area contributed by atoms with Crippen LogP contribution in [0.1, 0.15) is 53.3 Å². The second kappa shape index (κ2) is 11.2. The molecule has 5 heterocycles. The van der Waals surface area contributed by atoms with Crippen molar-refractivity contribution in [3.63, 3.8) is 0 Å². The number of nitrogens with two attached hydrogens (primary N) is 1. The van der Waals surface area contributed by atoms with E-state index in [9.17, 15) is 27.9 Å². The van der Waals surface area contributed by atoms with Crippen molar-refractivity contribution in [1.82, 2.24) is 24.3 Å². The lowest BCUT2D eigenvalue weighted by Crippen LogP contribution is -2.41. The average Bonchev–Trinajstić information content (AvgIpc) is 3.56. The van der Waals surface area contributed by atoms with Gasteiger partial charge in [-0.2, -0.15) is 13.2 Å². The van der Waals surface area contributed by atoms with E-state index < -0.39 is 17.6 Å². The number of imidazole rings is 1. The summed E-state index contributed by atoms with van der Waals surface area (Å²) >= 11 is 0. The van der Waals surface area contributed by atoms with E-state index in [0.717, 1.165) is 37.6 Å². The van der Waals surface area contributed by atoms with Crippen LogP contribution in [0.2, 0.25) is 0 Å². The van der Waals surface area contributed by atoms with Gasteiger partial charge < -0.3 is 25.8 Å². The SMILES string of the molecule is Nc1nccn2c([C@@H]3CC[C@H]4CCC(=O)N4C3)nc(-c3ccc(C(=O)Nc4cc(C(F)(F)F)ccn4)cc3OCCO)c12. The number of carbonyl (C=O) groups is 2. The fourth-order valence-electron chi connectivity index (χ4n) is 5.84. The highest BCUT2D eigenvalue weighted by molar-refractivity contribution is 6.04. The van der Waals surface area contributed by atoms with Gasteiger partial charge in [0, 0.05) is 54.6 Å². The zero-order valence-corrected chi connectivity index (χ0v) is 22.8. The number of nitrogens with one attached hydrogen (secondary N) is 1. The molecule has 2 atom stereocenters. The summed E-state index contributed by atoms with van der Waals surface area (Å²) in [6.07, 6.45) is 2.83. The van der Waals surface area contributed by atoms with Gasteiger partial charge in [0.15, 0.2) is 0 Å². The van der Waals surface area contributed by atoms with Gasteiger partial charge in [-0.1, -0.05) is 0 Å². The van der Waals surface area contributed by atoms with Gasteiger partial charge in [-0.3, -0.25) is 14.0 Å². The van der Waals surface area contributed by atoms with Crippen LogP contribution in [0, 0.1) is 0 Å². The fraction of sp³-hybridized carbons (Fsp3) is 0.345. The molecule has 4 aromatic rings. The Labute approximate surface area is 243 Å². The van der Waals surface area contributed by atoms with Gasteiger partial charge in [0.05, 0.1) is 12.2 Å². The van der Waals surface area contributed by atoms with Crippen LogP contribution < -0.4 is 15.8 Å². The Hall–Kier alpha value is -4.72. The van der Waals surface area contributed by atoms with Crippen LogP contribution in [0.15, 0.2) is 48.9 Å². The number of benzene rings is 1. The van der Waals surface area contributed by atoms with Crippen molar-refractivity contribution >= 4 is 29.0 Å². The number of piperidine rings is 1. The van der Waals surface area contributed by atoms with Gasteiger partial charge in [0.1, 0.15) is 41.0 Å². The van der Waals surface area contributed by atoms with Gasteiger partial charge in [-0.25, -0.2) is 15.0 Å². The first-order chi connectivity index (χ1) is 20.6. The number of fused-ring (bicyclic) bond motifs is 2. The molecule has 4 N–H and O–H groups in total. The number of alkyl halides is 3. The third kappa shape index (κ3) is 5.45. The maximum atomic E-state index is 13.1. The van der Waals surface area contributed by atoms with E-state index in [-0.39, 0.29) is 54.0 Å².